The fraction of sp³-hybridized carbons (Fsp3) is 0.304. The molecule has 0 aliphatic rings. The molecule has 2 aromatic carbocycles. The Morgan fingerprint density at radius 2 is 1.80 bits per heavy atom. The Hall–Kier alpha value is -2.99. The molecule has 7 heteroatoms. The molecule has 0 aromatic heterocycles. The van der Waals surface area contributed by atoms with Crippen LogP contribution in [-0.4, -0.2) is 41.9 Å². The molecule has 2 rings (SSSR count). The highest BCUT2D eigenvalue weighted by Crippen LogP contribution is 2.24. The third-order valence-electron chi connectivity index (χ3n) is 4.82. The predicted octanol–water partition coefficient (Wildman–Crippen LogP) is 3.76. The van der Waals surface area contributed by atoms with E-state index in [1.54, 1.807) is 20.3 Å². The van der Waals surface area contributed by atoms with Crippen molar-refractivity contribution in [2.24, 2.45) is 5.73 Å². The molecule has 0 saturated carbocycles. The van der Waals surface area contributed by atoms with Crippen LogP contribution < -0.4 is 11.1 Å². The van der Waals surface area contributed by atoms with Crippen LogP contribution in [0.15, 0.2) is 60.3 Å². The van der Waals surface area contributed by atoms with Gasteiger partial charge in [-0.15, -0.1) is 0 Å². The Labute approximate surface area is 183 Å². The largest absolute Gasteiger partial charge is 0.366 e. The zero-order chi connectivity index (χ0) is 22.3. The van der Waals surface area contributed by atoms with Gasteiger partial charge in [0.15, 0.2) is 0 Å². The van der Waals surface area contributed by atoms with E-state index in [1.165, 1.54) is 4.90 Å². The molecule has 0 radical (unpaired) electrons. The molecule has 0 saturated heterocycles. The average molecular weight is 429 g/mol. The van der Waals surface area contributed by atoms with Crippen LogP contribution in [0.25, 0.3) is 0 Å². The minimum Gasteiger partial charge on any atom is -0.366 e. The van der Waals surface area contributed by atoms with Gasteiger partial charge >= 0.3 is 0 Å². The van der Waals surface area contributed by atoms with Crippen LogP contribution in [0.3, 0.4) is 0 Å². The molecule has 2 amide bonds. The smallest absolute Gasteiger partial charge is 0.246 e. The number of rotatable bonds is 9. The van der Waals surface area contributed by atoms with Crippen molar-refractivity contribution < 1.29 is 9.59 Å². The summed E-state index contributed by atoms with van der Waals surface area (Å²) >= 11 is 6.25. The third kappa shape index (κ3) is 6.52. The van der Waals surface area contributed by atoms with Gasteiger partial charge in [-0.05, 0) is 37.1 Å². The van der Waals surface area contributed by atoms with Crippen LogP contribution in [0.1, 0.15) is 24.5 Å². The van der Waals surface area contributed by atoms with E-state index >= 15 is 0 Å². The summed E-state index contributed by atoms with van der Waals surface area (Å²) in [4.78, 5) is 27.6. The van der Waals surface area contributed by atoms with Crippen molar-refractivity contribution in [3.63, 3.8) is 0 Å². The zero-order valence-corrected chi connectivity index (χ0v) is 18.6. The maximum atomic E-state index is 12.2. The van der Waals surface area contributed by atoms with Crippen LogP contribution in [0.2, 0.25) is 5.02 Å². The molecule has 0 heterocycles. The van der Waals surface area contributed by atoms with Crippen LogP contribution in [-0.2, 0) is 16.1 Å². The molecule has 0 bridgehead atoms. The van der Waals surface area contributed by atoms with Gasteiger partial charge in [-0.2, -0.15) is 0 Å². The zero-order valence-electron chi connectivity index (χ0n) is 17.9. The molecule has 0 fully saturated rings. The van der Waals surface area contributed by atoms with Gasteiger partial charge in [0.2, 0.25) is 11.8 Å². The molecule has 1 atom stereocenters. The normalized spacial score (nSPS) is 12.2. The summed E-state index contributed by atoms with van der Waals surface area (Å²) in [5.74, 6) is -0.805. The van der Waals surface area contributed by atoms with Gasteiger partial charge in [0.05, 0.1) is 12.6 Å². The minimum absolute atomic E-state index is 0.0590. The number of carbonyl (C=O) groups is 2. The summed E-state index contributed by atoms with van der Waals surface area (Å²) in [6.45, 7) is 4.45. The predicted molar refractivity (Wildman–Crippen MR) is 122 cm³/mol. The Morgan fingerprint density at radius 3 is 2.40 bits per heavy atom. The second kappa shape index (κ2) is 10.7. The lowest BCUT2D eigenvalue weighted by Gasteiger charge is -2.31. The Kier molecular flexibility index (Phi) is 8.30. The lowest BCUT2D eigenvalue weighted by Crippen LogP contribution is -2.36. The summed E-state index contributed by atoms with van der Waals surface area (Å²) < 4.78 is 0. The molecule has 30 heavy (non-hydrogen) atoms. The third-order valence-corrected chi connectivity index (χ3v) is 5.23. The van der Waals surface area contributed by atoms with E-state index in [4.69, 9.17) is 17.3 Å². The average Bonchev–Trinajstić information content (AvgIpc) is 2.70. The first-order valence-corrected chi connectivity index (χ1v) is 10.1. The number of nitrogens with one attached hydrogen (secondary N) is 1. The molecule has 3 N–H and O–H groups in total. The number of anilines is 1. The fourth-order valence-electron chi connectivity index (χ4n) is 2.88. The number of carbonyl (C=O) groups excluding carboxylic acids is 2. The molecular weight excluding hydrogens is 400 g/mol. The first kappa shape index (κ1) is 23.3. The van der Waals surface area contributed by atoms with Gasteiger partial charge in [0.25, 0.3) is 0 Å². The van der Waals surface area contributed by atoms with Crippen LogP contribution in [0.5, 0.6) is 0 Å². The van der Waals surface area contributed by atoms with Gasteiger partial charge < -0.3 is 20.9 Å². The van der Waals surface area contributed by atoms with Gasteiger partial charge in [-0.3, -0.25) is 9.59 Å². The summed E-state index contributed by atoms with van der Waals surface area (Å²) in [6, 6.07) is 15.6. The number of nitrogens with two attached hydrogens (primary N) is 1. The maximum absolute atomic E-state index is 12.2. The second-order valence-electron chi connectivity index (χ2n) is 7.37. The Balaban J connectivity index is 2.35. The van der Waals surface area contributed by atoms with E-state index in [-0.39, 0.29) is 24.1 Å². The van der Waals surface area contributed by atoms with Crippen LogP contribution >= 0.6 is 11.6 Å². The van der Waals surface area contributed by atoms with Crippen molar-refractivity contribution in [3.05, 3.63) is 76.5 Å². The molecule has 0 spiro atoms. The maximum Gasteiger partial charge on any atom is 0.246 e. The summed E-state index contributed by atoms with van der Waals surface area (Å²) in [6.07, 6.45) is 1.41. The lowest BCUT2D eigenvalue weighted by atomic mass is 10.1. The molecule has 6 nitrogen and oxygen atoms in total. The number of benzene rings is 2. The molecule has 1 unspecified atom stereocenters. The van der Waals surface area contributed by atoms with Crippen molar-refractivity contribution in [1.82, 2.24) is 9.80 Å². The number of amides is 2. The van der Waals surface area contributed by atoms with Crippen molar-refractivity contribution in [2.75, 3.05) is 19.4 Å². The van der Waals surface area contributed by atoms with Gasteiger partial charge in [-0.1, -0.05) is 48.0 Å². The molecule has 2 aromatic rings. The highest BCUT2D eigenvalue weighted by molar-refractivity contribution is 6.31. The van der Waals surface area contributed by atoms with E-state index in [1.807, 2.05) is 67.3 Å². The first-order chi connectivity index (χ1) is 14.2. The highest BCUT2D eigenvalue weighted by Gasteiger charge is 2.18. The summed E-state index contributed by atoms with van der Waals surface area (Å²) in [5.41, 5.74) is 8.73. The Bertz CT molecular complexity index is 913. The van der Waals surface area contributed by atoms with Crippen LogP contribution in [0, 0.1) is 6.92 Å². The van der Waals surface area contributed by atoms with Crippen LogP contribution in [0.4, 0.5) is 5.69 Å². The lowest BCUT2D eigenvalue weighted by molar-refractivity contribution is -0.129. The second-order valence-corrected chi connectivity index (χ2v) is 7.78. The van der Waals surface area contributed by atoms with Gasteiger partial charge in [0.1, 0.15) is 0 Å². The monoisotopic (exact) mass is 428 g/mol. The SMILES string of the molecule is Cc1c(Cl)cccc1NC(C)N(/C=C(/CC(=O)N(C)C)C(N)=O)Cc1ccccc1. The standard InChI is InChI=1S/C23H29ClN4O2/c1-16-20(24)11-8-12-21(16)26-17(2)28(14-18-9-6-5-7-10-18)15-19(23(25)30)13-22(29)27(3)4/h5-12,15,17,26H,13-14H2,1-4H3,(H2,25,30)/b19-15-. The van der Waals surface area contributed by atoms with E-state index in [0.29, 0.717) is 11.6 Å². The quantitative estimate of drug-likeness (QED) is 0.471. The van der Waals surface area contributed by atoms with E-state index in [9.17, 15) is 9.59 Å². The number of halogens is 1. The molecule has 0 aliphatic carbocycles. The van der Waals surface area contributed by atoms with Crippen molar-refractivity contribution in [3.8, 4) is 0 Å². The number of nitrogens with zero attached hydrogens (tertiary/aromatic N) is 2. The summed E-state index contributed by atoms with van der Waals surface area (Å²) in [5, 5.41) is 4.11. The fourth-order valence-corrected chi connectivity index (χ4v) is 3.05. The van der Waals surface area contributed by atoms with E-state index < -0.39 is 5.91 Å². The molecule has 0 aliphatic heterocycles. The molecule has 160 valence electrons. The van der Waals surface area contributed by atoms with E-state index in [2.05, 4.69) is 5.32 Å². The Morgan fingerprint density at radius 1 is 1.13 bits per heavy atom. The number of primary amides is 1. The van der Waals surface area contributed by atoms with Crippen molar-refractivity contribution in [1.29, 1.82) is 0 Å². The van der Waals surface area contributed by atoms with Crippen molar-refractivity contribution in [2.45, 2.75) is 33.0 Å². The van der Waals surface area contributed by atoms with Gasteiger partial charge in [-0.25, -0.2) is 0 Å². The van der Waals surface area contributed by atoms with Crippen molar-refractivity contribution >= 4 is 29.1 Å². The highest BCUT2D eigenvalue weighted by atomic mass is 35.5. The molecular formula is C23H29ClN4O2. The number of hydrogen-bond acceptors (Lipinski definition) is 4. The minimum atomic E-state index is -0.616. The first-order valence-electron chi connectivity index (χ1n) is 9.71. The summed E-state index contributed by atoms with van der Waals surface area (Å²) in [7, 11) is 3.30. The van der Waals surface area contributed by atoms with Gasteiger partial charge in [0, 0.05) is 43.1 Å². The van der Waals surface area contributed by atoms with E-state index in [0.717, 1.165) is 16.8 Å². The number of hydrogen-bond donors (Lipinski definition) is 2. The topological polar surface area (TPSA) is 78.7 Å².